The summed E-state index contributed by atoms with van der Waals surface area (Å²) in [5.41, 5.74) is 1.63. The van der Waals surface area contributed by atoms with Gasteiger partial charge in [0.05, 0.1) is 7.11 Å². The van der Waals surface area contributed by atoms with Crippen LogP contribution in [-0.4, -0.2) is 81.4 Å². The number of carbonyl (C=O) groups excluding carboxylic acids is 2. The van der Waals surface area contributed by atoms with Gasteiger partial charge in [0.2, 0.25) is 5.91 Å². The van der Waals surface area contributed by atoms with E-state index in [0.29, 0.717) is 47.5 Å². The largest absolute Gasteiger partial charge is 0.453 e. The molecule has 3 aromatic rings. The van der Waals surface area contributed by atoms with Crippen molar-refractivity contribution in [2.75, 3.05) is 38.3 Å². The summed E-state index contributed by atoms with van der Waals surface area (Å²) in [4.78, 5) is 41.8. The summed E-state index contributed by atoms with van der Waals surface area (Å²) in [6.07, 6.45) is 3.20. The zero-order valence-electron chi connectivity index (χ0n) is 28.2. The third kappa shape index (κ3) is 10.4. The molecule has 1 aliphatic rings. The highest BCUT2D eigenvalue weighted by molar-refractivity contribution is 7.79. The molecule has 0 saturated carbocycles. The minimum atomic E-state index is -1.80. The fourth-order valence-electron chi connectivity index (χ4n) is 6.28. The monoisotopic (exact) mass is 717 g/mol. The number of nitrogens with zero attached hydrogens (tertiary/aromatic N) is 2. The van der Waals surface area contributed by atoms with Crippen LogP contribution in [0.5, 0.6) is 0 Å². The Hall–Kier alpha value is -3.62. The molecule has 0 bridgehead atoms. The maximum absolute atomic E-state index is 15.4. The van der Waals surface area contributed by atoms with Crippen molar-refractivity contribution in [2.24, 2.45) is 0 Å². The van der Waals surface area contributed by atoms with Crippen LogP contribution in [0.1, 0.15) is 61.8 Å². The number of anilines is 1. The molecule has 49 heavy (non-hydrogen) atoms. The number of piperazine rings is 1. The van der Waals surface area contributed by atoms with Crippen molar-refractivity contribution in [2.45, 2.75) is 69.6 Å². The second-order valence-corrected chi connectivity index (χ2v) is 14.1. The van der Waals surface area contributed by atoms with Crippen LogP contribution >= 0.6 is 11.6 Å². The molecular weight excluding hydrogens is 673 g/mol. The van der Waals surface area contributed by atoms with Gasteiger partial charge < -0.3 is 34.7 Å². The lowest BCUT2D eigenvalue weighted by Crippen LogP contribution is -2.55. The number of carbonyl (C=O) groups is 2. The van der Waals surface area contributed by atoms with Crippen LogP contribution in [0.15, 0.2) is 65.6 Å². The smallest absolute Gasteiger partial charge is 0.407 e. The van der Waals surface area contributed by atoms with Crippen molar-refractivity contribution in [1.82, 2.24) is 20.1 Å². The number of amides is 2. The molecule has 0 radical (unpaired) electrons. The van der Waals surface area contributed by atoms with Crippen molar-refractivity contribution in [3.8, 4) is 0 Å². The maximum atomic E-state index is 15.4. The Morgan fingerprint density at radius 1 is 1.12 bits per heavy atom. The zero-order chi connectivity index (χ0) is 35.7. The number of hydrogen-bond donors (Lipinski definition) is 4. The lowest BCUT2D eigenvalue weighted by molar-refractivity contribution is -0.118. The standard InChI is InChI=1S/C35H45ClFN5O6S/c1-22(2)42-20-24(12-17-31(42)43)32(23-10-13-25(36)14-11-23)33(40-35(45)48-4)34(44)39-30-9-5-8-29(37)28(30)16-15-26-21-41(3)27(19-38-26)7-6-18-49(46)47/h5,8-14,17,20,22,26-27,32-33,38H,6-7,15-16,18-19,21H2,1-4H3,(H,39,44)(H,40,45)(H,46,47)/t26?,27?,32-,33-/m0/s1. The van der Waals surface area contributed by atoms with E-state index in [1.807, 2.05) is 20.9 Å². The fraction of sp³-hybridized carbons (Fsp3) is 0.457. The normalized spacial score (nSPS) is 18.4. The topological polar surface area (TPSA) is 142 Å². The molecule has 5 atom stereocenters. The summed E-state index contributed by atoms with van der Waals surface area (Å²) < 4.78 is 41.9. The molecule has 14 heteroatoms. The number of pyridine rings is 1. The zero-order valence-corrected chi connectivity index (χ0v) is 29.7. The Kier molecular flexibility index (Phi) is 13.9. The van der Waals surface area contributed by atoms with E-state index in [1.54, 1.807) is 47.2 Å². The summed E-state index contributed by atoms with van der Waals surface area (Å²) in [5, 5.41) is 9.55. The van der Waals surface area contributed by atoms with Crippen LogP contribution < -0.4 is 21.5 Å². The van der Waals surface area contributed by atoms with E-state index in [-0.39, 0.29) is 35.1 Å². The third-order valence-corrected chi connectivity index (χ3v) is 9.82. The van der Waals surface area contributed by atoms with Gasteiger partial charge in [-0.25, -0.2) is 13.4 Å². The van der Waals surface area contributed by atoms with Gasteiger partial charge in [0.15, 0.2) is 11.1 Å². The minimum Gasteiger partial charge on any atom is -0.453 e. The third-order valence-electron chi connectivity index (χ3n) is 8.93. The van der Waals surface area contributed by atoms with E-state index in [4.69, 9.17) is 20.9 Å². The van der Waals surface area contributed by atoms with E-state index in [1.165, 1.54) is 25.3 Å². The summed E-state index contributed by atoms with van der Waals surface area (Å²) in [7, 11) is 3.21. The number of ether oxygens (including phenoxy) is 1. The molecule has 2 amide bonds. The van der Waals surface area contributed by atoms with E-state index >= 15 is 4.39 Å². The average Bonchev–Trinajstić information content (AvgIpc) is 3.06. The van der Waals surface area contributed by atoms with Crippen LogP contribution in [0.3, 0.4) is 0 Å². The summed E-state index contributed by atoms with van der Waals surface area (Å²) in [6.45, 7) is 5.16. The first-order valence-corrected chi connectivity index (χ1v) is 17.9. The van der Waals surface area contributed by atoms with Crippen LogP contribution in [0.25, 0.3) is 0 Å². The van der Waals surface area contributed by atoms with Crippen molar-refractivity contribution in [1.29, 1.82) is 0 Å². The first-order chi connectivity index (χ1) is 23.4. The van der Waals surface area contributed by atoms with Gasteiger partial charge in [-0.15, -0.1) is 0 Å². The number of aromatic nitrogens is 1. The highest BCUT2D eigenvalue weighted by Crippen LogP contribution is 2.31. The SMILES string of the molecule is COC(=O)N[C@H](C(=O)Nc1cccc(F)c1CCC1CN(C)C(CCCS(=O)O)CN1)[C@@H](c1ccc(Cl)cc1)c1ccc(=O)n(C(C)C)c1. The van der Waals surface area contributed by atoms with E-state index in [0.717, 1.165) is 13.0 Å². The second kappa shape index (κ2) is 17.9. The molecule has 2 aromatic carbocycles. The number of nitrogens with one attached hydrogen (secondary N) is 3. The molecule has 1 saturated heterocycles. The predicted molar refractivity (Wildman–Crippen MR) is 190 cm³/mol. The van der Waals surface area contributed by atoms with Crippen LogP contribution in [-0.2, 0) is 27.0 Å². The van der Waals surface area contributed by atoms with E-state index in [2.05, 4.69) is 20.9 Å². The maximum Gasteiger partial charge on any atom is 0.407 e. The molecule has 4 rings (SSSR count). The molecule has 1 aliphatic heterocycles. The summed E-state index contributed by atoms with van der Waals surface area (Å²) in [5.74, 6) is -1.61. The molecule has 2 heterocycles. The highest BCUT2D eigenvalue weighted by atomic mass is 35.5. The average molecular weight is 718 g/mol. The Balaban J connectivity index is 1.60. The number of benzene rings is 2. The number of methoxy groups -OCH3 is 1. The Labute approximate surface area is 293 Å². The van der Waals surface area contributed by atoms with Crippen LogP contribution in [0, 0.1) is 5.82 Å². The highest BCUT2D eigenvalue weighted by Gasteiger charge is 2.34. The number of hydrogen-bond acceptors (Lipinski definition) is 7. The van der Waals surface area contributed by atoms with Gasteiger partial charge in [0.25, 0.3) is 5.56 Å². The summed E-state index contributed by atoms with van der Waals surface area (Å²) in [6, 6.07) is 13.3. The van der Waals surface area contributed by atoms with Crippen molar-refractivity contribution in [3.05, 3.63) is 98.7 Å². The number of halogens is 2. The van der Waals surface area contributed by atoms with Gasteiger partial charge >= 0.3 is 6.09 Å². The number of rotatable bonds is 14. The lowest BCUT2D eigenvalue weighted by Gasteiger charge is -2.38. The van der Waals surface area contributed by atoms with E-state index < -0.39 is 40.9 Å². The Morgan fingerprint density at radius 2 is 1.84 bits per heavy atom. The molecule has 4 N–H and O–H groups in total. The molecular formula is C35H45ClFN5O6S. The quantitative estimate of drug-likeness (QED) is 0.172. The number of alkyl carbamates (subject to hydrolysis) is 1. The predicted octanol–water partition coefficient (Wildman–Crippen LogP) is 4.92. The number of likely N-dealkylation sites (N-methyl/N-ethyl adjacent to an activating group) is 1. The van der Waals surface area contributed by atoms with Crippen molar-refractivity contribution in [3.63, 3.8) is 0 Å². The Bertz CT molecular complexity index is 1670. The lowest BCUT2D eigenvalue weighted by atomic mass is 9.85. The van der Waals surface area contributed by atoms with Gasteiger partial charge in [-0.3, -0.25) is 9.59 Å². The molecule has 11 nitrogen and oxygen atoms in total. The van der Waals surface area contributed by atoms with E-state index in [9.17, 15) is 18.6 Å². The summed E-state index contributed by atoms with van der Waals surface area (Å²) >= 11 is 4.39. The molecule has 0 aliphatic carbocycles. The second-order valence-electron chi connectivity index (χ2n) is 12.6. The van der Waals surface area contributed by atoms with Gasteiger partial charge in [0.1, 0.15) is 11.9 Å². The molecule has 0 spiro atoms. The van der Waals surface area contributed by atoms with Gasteiger partial charge in [-0.2, -0.15) is 0 Å². The van der Waals surface area contributed by atoms with Gasteiger partial charge in [-0.05, 0) is 82.0 Å². The van der Waals surface area contributed by atoms with Crippen molar-refractivity contribution < 1.29 is 27.5 Å². The minimum absolute atomic E-state index is 0.0658. The van der Waals surface area contributed by atoms with Crippen LogP contribution in [0.4, 0.5) is 14.9 Å². The van der Waals surface area contributed by atoms with Gasteiger partial charge in [-0.1, -0.05) is 35.9 Å². The van der Waals surface area contributed by atoms with Crippen molar-refractivity contribution >= 4 is 40.4 Å². The molecule has 3 unspecified atom stereocenters. The molecule has 1 aromatic heterocycles. The Morgan fingerprint density at radius 3 is 2.49 bits per heavy atom. The first kappa shape index (κ1) is 38.2. The molecule has 1 fully saturated rings. The fourth-order valence-corrected chi connectivity index (χ4v) is 6.82. The van der Waals surface area contributed by atoms with Gasteiger partial charge in [0, 0.05) is 71.4 Å². The van der Waals surface area contributed by atoms with Crippen LogP contribution in [0.2, 0.25) is 5.02 Å². The molecule has 266 valence electrons. The first-order valence-electron chi connectivity index (χ1n) is 16.3.